The molecule has 170 valence electrons. The quantitative estimate of drug-likeness (QED) is 0.397. The van der Waals surface area contributed by atoms with E-state index in [4.69, 9.17) is 14.2 Å². The zero-order chi connectivity index (χ0) is 23.0. The molecule has 0 saturated heterocycles. The fraction of sp³-hybridized carbons (Fsp3) is 0.500. The van der Waals surface area contributed by atoms with Gasteiger partial charge in [0, 0.05) is 6.04 Å². The number of hydrogen-bond donors (Lipinski definition) is 1. The van der Waals surface area contributed by atoms with Crippen molar-refractivity contribution < 1.29 is 19.0 Å². The molecule has 0 spiro atoms. The Balaban J connectivity index is 1.87. The van der Waals surface area contributed by atoms with E-state index in [2.05, 4.69) is 26.3 Å². The van der Waals surface area contributed by atoms with Crippen LogP contribution in [0, 0.1) is 0 Å². The molecule has 0 aliphatic carbocycles. The Kier molecular flexibility index (Phi) is 9.06. The van der Waals surface area contributed by atoms with Crippen LogP contribution in [0.2, 0.25) is 0 Å². The number of methoxy groups -OCH3 is 1. The SMILES string of the molecule is COc1ccc(Cn2ncc(N[C@@H](C)COCCC(=O)OC(C)(C)C)c(Br)c2=O)cc1. The van der Waals surface area contributed by atoms with Crippen LogP contribution in [-0.2, 0) is 20.8 Å². The van der Waals surface area contributed by atoms with E-state index in [1.807, 2.05) is 52.0 Å². The average Bonchev–Trinajstić information content (AvgIpc) is 2.70. The lowest BCUT2D eigenvalue weighted by Crippen LogP contribution is -2.28. The summed E-state index contributed by atoms with van der Waals surface area (Å²) in [5.41, 5.74) is 0.784. The molecule has 0 saturated carbocycles. The summed E-state index contributed by atoms with van der Waals surface area (Å²) >= 11 is 3.37. The second-order valence-corrected chi connectivity index (χ2v) is 8.93. The fourth-order valence-electron chi connectivity index (χ4n) is 2.70. The summed E-state index contributed by atoms with van der Waals surface area (Å²) in [6.45, 7) is 8.39. The summed E-state index contributed by atoms with van der Waals surface area (Å²) in [5, 5.41) is 7.47. The number of carbonyl (C=O) groups is 1. The van der Waals surface area contributed by atoms with Crippen molar-refractivity contribution in [3.05, 3.63) is 50.9 Å². The van der Waals surface area contributed by atoms with Crippen molar-refractivity contribution >= 4 is 27.6 Å². The summed E-state index contributed by atoms with van der Waals surface area (Å²) in [6.07, 6.45) is 1.79. The van der Waals surface area contributed by atoms with E-state index in [9.17, 15) is 9.59 Å². The number of anilines is 1. The van der Waals surface area contributed by atoms with E-state index in [0.717, 1.165) is 11.3 Å². The summed E-state index contributed by atoms with van der Waals surface area (Å²) in [4.78, 5) is 24.3. The minimum atomic E-state index is -0.501. The Bertz CT molecular complexity index is 922. The molecule has 0 radical (unpaired) electrons. The molecule has 1 atom stereocenters. The Labute approximate surface area is 191 Å². The van der Waals surface area contributed by atoms with E-state index in [-0.39, 0.29) is 30.6 Å². The first kappa shape index (κ1) is 24.9. The van der Waals surface area contributed by atoms with Gasteiger partial charge < -0.3 is 19.5 Å². The van der Waals surface area contributed by atoms with Crippen LogP contribution in [0.5, 0.6) is 5.75 Å². The molecule has 2 aromatic rings. The first-order valence-electron chi connectivity index (χ1n) is 10.0. The maximum Gasteiger partial charge on any atom is 0.308 e. The van der Waals surface area contributed by atoms with Gasteiger partial charge in [-0.2, -0.15) is 5.10 Å². The first-order chi connectivity index (χ1) is 14.6. The number of esters is 1. The normalized spacial score (nSPS) is 12.3. The minimum Gasteiger partial charge on any atom is -0.497 e. The number of aromatic nitrogens is 2. The smallest absolute Gasteiger partial charge is 0.308 e. The van der Waals surface area contributed by atoms with E-state index in [1.54, 1.807) is 13.3 Å². The topological polar surface area (TPSA) is 91.7 Å². The zero-order valence-electron chi connectivity index (χ0n) is 18.6. The van der Waals surface area contributed by atoms with Crippen molar-refractivity contribution in [2.45, 2.75) is 52.3 Å². The predicted octanol–water partition coefficient (Wildman–Crippen LogP) is 3.61. The van der Waals surface area contributed by atoms with Crippen LogP contribution < -0.4 is 15.6 Å². The molecule has 0 aliphatic heterocycles. The van der Waals surface area contributed by atoms with Gasteiger partial charge in [0.15, 0.2) is 0 Å². The van der Waals surface area contributed by atoms with E-state index >= 15 is 0 Å². The Morgan fingerprint density at radius 1 is 1.26 bits per heavy atom. The summed E-state index contributed by atoms with van der Waals surface area (Å²) in [5.74, 6) is 0.465. The van der Waals surface area contributed by atoms with Gasteiger partial charge in [-0.25, -0.2) is 4.68 Å². The molecule has 1 N–H and O–H groups in total. The van der Waals surface area contributed by atoms with Crippen molar-refractivity contribution in [1.82, 2.24) is 9.78 Å². The first-order valence-corrected chi connectivity index (χ1v) is 10.8. The van der Waals surface area contributed by atoms with Gasteiger partial charge in [0.1, 0.15) is 15.8 Å². The van der Waals surface area contributed by atoms with E-state index in [1.165, 1.54) is 4.68 Å². The van der Waals surface area contributed by atoms with Crippen LogP contribution in [0.4, 0.5) is 5.69 Å². The van der Waals surface area contributed by atoms with Crippen LogP contribution in [-0.4, -0.2) is 47.7 Å². The van der Waals surface area contributed by atoms with Crippen LogP contribution in [0.1, 0.15) is 39.7 Å². The molecule has 8 nitrogen and oxygen atoms in total. The molecule has 31 heavy (non-hydrogen) atoms. The van der Waals surface area contributed by atoms with Crippen LogP contribution in [0.25, 0.3) is 0 Å². The second kappa shape index (κ2) is 11.3. The highest BCUT2D eigenvalue weighted by Gasteiger charge is 2.16. The number of nitrogens with zero attached hydrogens (tertiary/aromatic N) is 2. The van der Waals surface area contributed by atoms with Gasteiger partial charge in [0.25, 0.3) is 5.56 Å². The molecular formula is C22H30BrN3O5. The number of ether oxygens (including phenoxy) is 3. The van der Waals surface area contributed by atoms with Gasteiger partial charge in [-0.15, -0.1) is 0 Å². The lowest BCUT2D eigenvalue weighted by Gasteiger charge is -2.20. The summed E-state index contributed by atoms with van der Waals surface area (Å²) < 4.78 is 17.7. The molecule has 0 bridgehead atoms. The van der Waals surface area contributed by atoms with Crippen LogP contribution in [0.3, 0.4) is 0 Å². The van der Waals surface area contributed by atoms with Crippen molar-refractivity contribution in [1.29, 1.82) is 0 Å². The summed E-state index contributed by atoms with van der Waals surface area (Å²) in [6, 6.07) is 7.38. The third-order valence-electron chi connectivity index (χ3n) is 4.12. The lowest BCUT2D eigenvalue weighted by atomic mass is 10.2. The number of benzene rings is 1. The van der Waals surface area contributed by atoms with Crippen molar-refractivity contribution in [3.63, 3.8) is 0 Å². The minimum absolute atomic E-state index is 0.0893. The number of halogens is 1. The average molecular weight is 496 g/mol. The van der Waals surface area contributed by atoms with Crippen LogP contribution >= 0.6 is 15.9 Å². The maximum absolute atomic E-state index is 12.7. The molecule has 2 rings (SSSR count). The number of carbonyl (C=O) groups excluding carboxylic acids is 1. The van der Waals surface area contributed by atoms with Gasteiger partial charge in [0.05, 0.1) is 45.2 Å². The number of rotatable bonds is 10. The zero-order valence-corrected chi connectivity index (χ0v) is 20.2. The molecule has 0 amide bonds. The Hall–Kier alpha value is -2.39. The molecular weight excluding hydrogens is 466 g/mol. The van der Waals surface area contributed by atoms with Gasteiger partial charge in [0.2, 0.25) is 0 Å². The van der Waals surface area contributed by atoms with Gasteiger partial charge >= 0.3 is 5.97 Å². The Morgan fingerprint density at radius 2 is 1.94 bits per heavy atom. The maximum atomic E-state index is 12.7. The van der Waals surface area contributed by atoms with E-state index < -0.39 is 5.60 Å². The lowest BCUT2D eigenvalue weighted by molar-refractivity contribution is -0.156. The second-order valence-electron chi connectivity index (χ2n) is 8.14. The number of nitrogens with one attached hydrogen (secondary N) is 1. The monoisotopic (exact) mass is 495 g/mol. The van der Waals surface area contributed by atoms with Crippen molar-refractivity contribution in [2.24, 2.45) is 0 Å². The number of hydrogen-bond acceptors (Lipinski definition) is 7. The summed E-state index contributed by atoms with van der Waals surface area (Å²) in [7, 11) is 1.61. The van der Waals surface area contributed by atoms with Gasteiger partial charge in [-0.3, -0.25) is 9.59 Å². The molecule has 1 heterocycles. The van der Waals surface area contributed by atoms with Gasteiger partial charge in [-0.1, -0.05) is 12.1 Å². The standard InChI is InChI=1S/C22H30BrN3O5/c1-15(14-30-11-10-19(27)31-22(2,3)4)25-18-12-24-26(21(28)20(18)23)13-16-6-8-17(29-5)9-7-16/h6-9,12,15,25H,10-11,13-14H2,1-5H3/t15-/m0/s1. The molecule has 0 fully saturated rings. The van der Waals surface area contributed by atoms with Gasteiger partial charge in [-0.05, 0) is 61.3 Å². The highest BCUT2D eigenvalue weighted by atomic mass is 79.9. The third-order valence-corrected chi connectivity index (χ3v) is 4.88. The van der Waals surface area contributed by atoms with Crippen molar-refractivity contribution in [3.8, 4) is 5.75 Å². The van der Waals surface area contributed by atoms with E-state index in [0.29, 0.717) is 23.3 Å². The van der Waals surface area contributed by atoms with Crippen LogP contribution in [0.15, 0.2) is 39.7 Å². The highest BCUT2D eigenvalue weighted by molar-refractivity contribution is 9.10. The highest BCUT2D eigenvalue weighted by Crippen LogP contribution is 2.18. The molecule has 0 aliphatic rings. The molecule has 1 aromatic carbocycles. The molecule has 1 aromatic heterocycles. The van der Waals surface area contributed by atoms with Crippen molar-refractivity contribution in [2.75, 3.05) is 25.6 Å². The largest absolute Gasteiger partial charge is 0.497 e. The third kappa shape index (κ3) is 8.34. The molecule has 9 heteroatoms. The predicted molar refractivity (Wildman–Crippen MR) is 123 cm³/mol. The fourth-order valence-corrected chi connectivity index (χ4v) is 3.12. The Morgan fingerprint density at radius 3 is 2.55 bits per heavy atom. The molecule has 0 unspecified atom stereocenters.